The molecule has 4 nitrogen and oxygen atoms in total. The normalized spacial score (nSPS) is 17.7. The molecular weight excluding hydrogens is 242 g/mol. The second-order valence-corrected chi connectivity index (χ2v) is 4.87. The second-order valence-electron chi connectivity index (χ2n) is 4.87. The molecule has 0 saturated heterocycles. The monoisotopic (exact) mass is 263 g/mol. The van der Waals surface area contributed by atoms with Gasteiger partial charge >= 0.3 is 5.97 Å². The Morgan fingerprint density at radius 3 is 3.00 bits per heavy atom. The molecular formula is C15H21NO3. The minimum atomic E-state index is -0.330. The van der Waals surface area contributed by atoms with Gasteiger partial charge in [0, 0.05) is 0 Å². The Labute approximate surface area is 113 Å². The molecule has 1 aliphatic carbocycles. The van der Waals surface area contributed by atoms with Gasteiger partial charge in [0.1, 0.15) is 5.75 Å². The van der Waals surface area contributed by atoms with Crippen molar-refractivity contribution in [2.24, 2.45) is 11.7 Å². The van der Waals surface area contributed by atoms with E-state index in [1.165, 1.54) is 11.1 Å². The maximum Gasteiger partial charge on any atom is 0.344 e. The molecule has 0 amide bonds. The number of hydrogen-bond acceptors (Lipinski definition) is 4. The molecule has 0 aromatic heterocycles. The zero-order valence-corrected chi connectivity index (χ0v) is 11.4. The molecule has 0 aliphatic heterocycles. The molecule has 0 heterocycles. The van der Waals surface area contributed by atoms with Crippen molar-refractivity contribution in [2.75, 3.05) is 19.8 Å². The van der Waals surface area contributed by atoms with Gasteiger partial charge in [-0.25, -0.2) is 4.79 Å². The average molecular weight is 263 g/mol. The van der Waals surface area contributed by atoms with Crippen LogP contribution >= 0.6 is 0 Å². The van der Waals surface area contributed by atoms with Gasteiger partial charge in [-0.2, -0.15) is 0 Å². The van der Waals surface area contributed by atoms with Gasteiger partial charge in [-0.3, -0.25) is 0 Å². The number of rotatable bonds is 5. The van der Waals surface area contributed by atoms with E-state index in [0.717, 1.165) is 31.6 Å². The molecule has 0 unspecified atom stereocenters. The smallest absolute Gasteiger partial charge is 0.344 e. The van der Waals surface area contributed by atoms with Crippen LogP contribution in [0.3, 0.4) is 0 Å². The Kier molecular flexibility index (Phi) is 4.80. The van der Waals surface area contributed by atoms with E-state index in [1.807, 2.05) is 12.1 Å². The molecule has 1 aromatic carbocycles. The summed E-state index contributed by atoms with van der Waals surface area (Å²) in [6.07, 6.45) is 3.21. The molecule has 4 heteroatoms. The van der Waals surface area contributed by atoms with Crippen molar-refractivity contribution in [3.63, 3.8) is 0 Å². The number of fused-ring (bicyclic) bond motifs is 1. The van der Waals surface area contributed by atoms with Crippen LogP contribution in [0.25, 0.3) is 0 Å². The first-order valence-electron chi connectivity index (χ1n) is 6.83. The minimum absolute atomic E-state index is 0.0297. The summed E-state index contributed by atoms with van der Waals surface area (Å²) in [5.41, 5.74) is 8.39. The maximum absolute atomic E-state index is 11.2. The lowest BCUT2D eigenvalue weighted by molar-refractivity contribution is -0.145. The van der Waals surface area contributed by atoms with Gasteiger partial charge in [-0.05, 0) is 61.9 Å². The van der Waals surface area contributed by atoms with E-state index >= 15 is 0 Å². The molecule has 0 spiro atoms. The Morgan fingerprint density at radius 1 is 1.42 bits per heavy atom. The summed E-state index contributed by atoms with van der Waals surface area (Å²) in [5.74, 6) is 1.00. The highest BCUT2D eigenvalue weighted by molar-refractivity contribution is 5.71. The Morgan fingerprint density at radius 2 is 2.26 bits per heavy atom. The van der Waals surface area contributed by atoms with Gasteiger partial charge in [-0.1, -0.05) is 6.07 Å². The minimum Gasteiger partial charge on any atom is -0.482 e. The van der Waals surface area contributed by atoms with Crippen LogP contribution in [0, 0.1) is 5.92 Å². The zero-order valence-electron chi connectivity index (χ0n) is 11.4. The van der Waals surface area contributed by atoms with Crippen LogP contribution in [0.15, 0.2) is 18.2 Å². The highest BCUT2D eigenvalue weighted by atomic mass is 16.6. The average Bonchev–Trinajstić information content (AvgIpc) is 2.44. The third-order valence-electron chi connectivity index (χ3n) is 3.50. The van der Waals surface area contributed by atoms with Crippen molar-refractivity contribution >= 4 is 5.97 Å². The lowest BCUT2D eigenvalue weighted by Crippen LogP contribution is -2.22. The van der Waals surface area contributed by atoms with Crippen molar-refractivity contribution in [3.05, 3.63) is 29.3 Å². The number of esters is 1. The van der Waals surface area contributed by atoms with Crippen molar-refractivity contribution in [1.29, 1.82) is 0 Å². The fraction of sp³-hybridized carbons (Fsp3) is 0.533. The summed E-state index contributed by atoms with van der Waals surface area (Å²) in [5, 5.41) is 0. The zero-order chi connectivity index (χ0) is 13.7. The quantitative estimate of drug-likeness (QED) is 0.821. The SMILES string of the molecule is CCOC(=O)COc1ccc2c(c1)CC[C@@H](CN)C2. The number of benzene rings is 1. The molecule has 104 valence electrons. The van der Waals surface area contributed by atoms with Crippen LogP contribution < -0.4 is 10.5 Å². The Hall–Kier alpha value is -1.55. The Balaban J connectivity index is 1.96. The van der Waals surface area contributed by atoms with E-state index in [0.29, 0.717) is 12.5 Å². The molecule has 0 saturated carbocycles. The van der Waals surface area contributed by atoms with Gasteiger partial charge in [0.05, 0.1) is 6.61 Å². The lowest BCUT2D eigenvalue weighted by Gasteiger charge is -2.23. The first kappa shape index (κ1) is 13.9. The maximum atomic E-state index is 11.2. The summed E-state index contributed by atoms with van der Waals surface area (Å²) in [6, 6.07) is 6.02. The van der Waals surface area contributed by atoms with Crippen LogP contribution in [0.5, 0.6) is 5.75 Å². The third-order valence-corrected chi connectivity index (χ3v) is 3.50. The van der Waals surface area contributed by atoms with Crippen molar-refractivity contribution in [2.45, 2.75) is 26.2 Å². The van der Waals surface area contributed by atoms with Crippen molar-refractivity contribution in [3.8, 4) is 5.75 Å². The van der Waals surface area contributed by atoms with E-state index < -0.39 is 0 Å². The van der Waals surface area contributed by atoms with Gasteiger partial charge in [0.25, 0.3) is 0 Å². The van der Waals surface area contributed by atoms with Gasteiger partial charge in [-0.15, -0.1) is 0 Å². The molecule has 1 aromatic rings. The van der Waals surface area contributed by atoms with Gasteiger partial charge in [0.2, 0.25) is 0 Å². The van der Waals surface area contributed by atoms with E-state index in [1.54, 1.807) is 6.92 Å². The van der Waals surface area contributed by atoms with Gasteiger partial charge in [0.15, 0.2) is 6.61 Å². The van der Waals surface area contributed by atoms with E-state index in [-0.39, 0.29) is 12.6 Å². The second kappa shape index (κ2) is 6.57. The van der Waals surface area contributed by atoms with Crippen LogP contribution in [0.2, 0.25) is 0 Å². The molecule has 1 aliphatic rings. The summed E-state index contributed by atoms with van der Waals surface area (Å²) in [7, 11) is 0. The topological polar surface area (TPSA) is 61.5 Å². The molecule has 2 rings (SSSR count). The molecule has 2 N–H and O–H groups in total. The fourth-order valence-electron chi connectivity index (χ4n) is 2.44. The largest absolute Gasteiger partial charge is 0.482 e. The van der Waals surface area contributed by atoms with Crippen LogP contribution in [-0.4, -0.2) is 25.7 Å². The molecule has 19 heavy (non-hydrogen) atoms. The van der Waals surface area contributed by atoms with E-state index in [9.17, 15) is 4.79 Å². The molecule has 1 atom stereocenters. The van der Waals surface area contributed by atoms with Crippen LogP contribution in [0.1, 0.15) is 24.5 Å². The number of carbonyl (C=O) groups is 1. The molecule has 0 fully saturated rings. The standard InChI is InChI=1S/C15H21NO3/c1-2-18-15(17)10-19-14-6-5-12-7-11(9-16)3-4-13(12)8-14/h5-6,8,11H,2-4,7,9-10,16H2,1H3/t11-/m1/s1. The van der Waals surface area contributed by atoms with Crippen molar-refractivity contribution in [1.82, 2.24) is 0 Å². The summed E-state index contributed by atoms with van der Waals surface area (Å²) in [6.45, 7) is 2.89. The Bertz CT molecular complexity index is 445. The van der Waals surface area contributed by atoms with Crippen LogP contribution in [-0.2, 0) is 22.4 Å². The van der Waals surface area contributed by atoms with Crippen LogP contribution in [0.4, 0.5) is 0 Å². The number of nitrogens with two attached hydrogens (primary N) is 1. The first-order valence-corrected chi connectivity index (χ1v) is 6.83. The number of ether oxygens (including phenoxy) is 2. The summed E-state index contributed by atoms with van der Waals surface area (Å²) in [4.78, 5) is 11.2. The van der Waals surface area contributed by atoms with Gasteiger partial charge < -0.3 is 15.2 Å². The lowest BCUT2D eigenvalue weighted by atomic mass is 9.84. The molecule has 0 bridgehead atoms. The third kappa shape index (κ3) is 3.70. The first-order chi connectivity index (χ1) is 9.22. The van der Waals surface area contributed by atoms with Crippen molar-refractivity contribution < 1.29 is 14.3 Å². The predicted octanol–water partition coefficient (Wildman–Crippen LogP) is 1.69. The summed E-state index contributed by atoms with van der Waals surface area (Å²) >= 11 is 0. The van der Waals surface area contributed by atoms with E-state index in [4.69, 9.17) is 15.2 Å². The summed E-state index contributed by atoms with van der Waals surface area (Å²) < 4.78 is 10.3. The highest BCUT2D eigenvalue weighted by Gasteiger charge is 2.18. The number of aryl methyl sites for hydroxylation is 1. The molecule has 0 radical (unpaired) electrons. The highest BCUT2D eigenvalue weighted by Crippen LogP contribution is 2.28. The number of hydrogen-bond donors (Lipinski definition) is 1. The number of carbonyl (C=O) groups excluding carboxylic acids is 1. The predicted molar refractivity (Wildman–Crippen MR) is 73.1 cm³/mol. The fourth-order valence-corrected chi connectivity index (χ4v) is 2.44. The van der Waals surface area contributed by atoms with E-state index in [2.05, 4.69) is 6.07 Å².